The van der Waals surface area contributed by atoms with Gasteiger partial charge in [-0.1, -0.05) is 15.9 Å². The van der Waals surface area contributed by atoms with Crippen LogP contribution in [-0.4, -0.2) is 12.1 Å². The first-order valence-corrected chi connectivity index (χ1v) is 4.82. The largest absolute Gasteiger partial charge is 0.496 e. The van der Waals surface area contributed by atoms with Crippen LogP contribution in [0, 0.1) is 0 Å². The number of methoxy groups -OCH3 is 1. The number of hydrogen-bond donors (Lipinski definition) is 0. The molecule has 0 aliphatic heterocycles. The summed E-state index contributed by atoms with van der Waals surface area (Å²) in [5.74, 6) is 0.780. The van der Waals surface area contributed by atoms with Crippen molar-refractivity contribution in [3.05, 3.63) is 35.3 Å². The average Bonchev–Trinajstić information content (AvgIpc) is 2.70. The smallest absolute Gasteiger partial charge is 0.181 e. The fraction of sp³-hybridized carbons (Fsp3) is 0.100. The Balaban J connectivity index is 2.55. The number of hydrogen-bond acceptors (Lipinski definition) is 3. The molecule has 14 heavy (non-hydrogen) atoms. The van der Waals surface area contributed by atoms with Crippen molar-refractivity contribution in [3.8, 4) is 17.0 Å². The van der Waals surface area contributed by atoms with Crippen molar-refractivity contribution >= 4 is 15.9 Å². The van der Waals surface area contributed by atoms with Crippen LogP contribution in [0.2, 0.25) is 0 Å². The van der Waals surface area contributed by atoms with Crippen LogP contribution < -0.4 is 4.74 Å². The highest BCUT2D eigenvalue weighted by Gasteiger charge is 2.08. The third kappa shape index (κ3) is 1.65. The second kappa shape index (κ2) is 3.84. The van der Waals surface area contributed by atoms with Gasteiger partial charge in [-0.05, 0) is 18.2 Å². The van der Waals surface area contributed by atoms with Crippen LogP contribution in [0.5, 0.6) is 5.75 Å². The van der Waals surface area contributed by atoms with Crippen LogP contribution >= 0.6 is 15.9 Å². The maximum absolute atomic E-state index is 5.22. The lowest BCUT2D eigenvalue weighted by molar-refractivity contribution is 0.416. The summed E-state index contributed by atoms with van der Waals surface area (Å²) in [6, 6.07) is 5.74. The molecule has 1 heterocycles. The molecule has 0 fully saturated rings. The van der Waals surface area contributed by atoms with Gasteiger partial charge in [0, 0.05) is 10.0 Å². The summed E-state index contributed by atoms with van der Waals surface area (Å²) in [6.45, 7) is 0. The molecule has 0 saturated heterocycles. The van der Waals surface area contributed by atoms with Gasteiger partial charge in [-0.2, -0.15) is 0 Å². The Kier molecular flexibility index (Phi) is 2.54. The molecule has 2 rings (SSSR count). The summed E-state index contributed by atoms with van der Waals surface area (Å²) >= 11 is 3.40. The molecule has 1 aromatic carbocycles. The summed E-state index contributed by atoms with van der Waals surface area (Å²) < 4.78 is 11.1. The minimum Gasteiger partial charge on any atom is -0.496 e. The van der Waals surface area contributed by atoms with Crippen LogP contribution in [0.4, 0.5) is 0 Å². The van der Waals surface area contributed by atoms with E-state index in [1.807, 2.05) is 18.2 Å². The molecule has 0 aliphatic carbocycles. The summed E-state index contributed by atoms with van der Waals surface area (Å²) in [5, 5.41) is 0. The quantitative estimate of drug-likeness (QED) is 0.825. The Bertz CT molecular complexity index is 426. The molecule has 72 valence electrons. The van der Waals surface area contributed by atoms with Gasteiger partial charge < -0.3 is 9.15 Å². The second-order valence-electron chi connectivity index (χ2n) is 2.72. The van der Waals surface area contributed by atoms with Crippen LogP contribution in [-0.2, 0) is 0 Å². The average molecular weight is 254 g/mol. The monoisotopic (exact) mass is 253 g/mol. The Hall–Kier alpha value is -1.29. The highest BCUT2D eigenvalue weighted by molar-refractivity contribution is 9.10. The van der Waals surface area contributed by atoms with E-state index in [1.165, 1.54) is 6.39 Å². The fourth-order valence-corrected chi connectivity index (χ4v) is 1.59. The molecule has 0 unspecified atom stereocenters. The van der Waals surface area contributed by atoms with Crippen molar-refractivity contribution in [1.29, 1.82) is 0 Å². The first kappa shape index (κ1) is 9.27. The molecule has 0 radical (unpaired) electrons. The molecule has 0 bridgehead atoms. The highest BCUT2D eigenvalue weighted by atomic mass is 79.9. The van der Waals surface area contributed by atoms with E-state index in [0.29, 0.717) is 0 Å². The summed E-state index contributed by atoms with van der Waals surface area (Å²) in [6.07, 6.45) is 2.99. The summed E-state index contributed by atoms with van der Waals surface area (Å²) in [7, 11) is 1.63. The maximum Gasteiger partial charge on any atom is 0.181 e. The molecule has 3 nitrogen and oxygen atoms in total. The van der Waals surface area contributed by atoms with Gasteiger partial charge in [-0.15, -0.1) is 0 Å². The van der Waals surface area contributed by atoms with Gasteiger partial charge in [0.1, 0.15) is 17.7 Å². The van der Waals surface area contributed by atoms with Gasteiger partial charge in [0.05, 0.1) is 7.11 Å². The third-order valence-electron chi connectivity index (χ3n) is 1.87. The third-order valence-corrected chi connectivity index (χ3v) is 2.36. The van der Waals surface area contributed by atoms with E-state index < -0.39 is 0 Å². The molecule has 1 aromatic heterocycles. The van der Waals surface area contributed by atoms with Crippen LogP contribution in [0.15, 0.2) is 39.7 Å². The molecule has 0 atom stereocenters. The van der Waals surface area contributed by atoms with Crippen molar-refractivity contribution in [2.45, 2.75) is 0 Å². The van der Waals surface area contributed by atoms with Gasteiger partial charge in [0.2, 0.25) is 0 Å². The predicted octanol–water partition coefficient (Wildman–Crippen LogP) is 3.11. The van der Waals surface area contributed by atoms with Gasteiger partial charge in [-0.3, -0.25) is 0 Å². The van der Waals surface area contributed by atoms with E-state index in [1.54, 1.807) is 13.4 Å². The molecular formula is C10H8BrNO2. The van der Waals surface area contributed by atoms with Gasteiger partial charge in [0.15, 0.2) is 6.39 Å². The zero-order valence-corrected chi connectivity index (χ0v) is 9.11. The zero-order valence-electron chi connectivity index (χ0n) is 7.53. The maximum atomic E-state index is 5.22. The van der Waals surface area contributed by atoms with Crippen molar-refractivity contribution in [2.75, 3.05) is 7.11 Å². The lowest BCUT2D eigenvalue weighted by atomic mass is 10.1. The fourth-order valence-electron chi connectivity index (χ4n) is 1.23. The van der Waals surface area contributed by atoms with Crippen LogP contribution in [0.3, 0.4) is 0 Å². The van der Waals surface area contributed by atoms with E-state index in [4.69, 9.17) is 9.15 Å². The van der Waals surface area contributed by atoms with E-state index in [2.05, 4.69) is 20.9 Å². The van der Waals surface area contributed by atoms with Gasteiger partial charge in [0.25, 0.3) is 0 Å². The van der Waals surface area contributed by atoms with E-state index in [-0.39, 0.29) is 0 Å². The minimum atomic E-state index is 0.767. The topological polar surface area (TPSA) is 35.3 Å². The molecule has 0 N–H and O–H groups in total. The number of halogens is 1. The number of nitrogens with zero attached hydrogens (tertiary/aromatic N) is 1. The molecule has 0 amide bonds. The van der Waals surface area contributed by atoms with Crippen molar-refractivity contribution in [2.24, 2.45) is 0 Å². The normalized spacial score (nSPS) is 10.1. The van der Waals surface area contributed by atoms with Crippen LogP contribution in [0.25, 0.3) is 11.3 Å². The van der Waals surface area contributed by atoms with Crippen LogP contribution in [0.1, 0.15) is 0 Å². The predicted molar refractivity (Wildman–Crippen MR) is 56.2 cm³/mol. The Morgan fingerprint density at radius 2 is 2.29 bits per heavy atom. The van der Waals surface area contributed by atoms with E-state index >= 15 is 0 Å². The number of rotatable bonds is 2. The molecule has 4 heteroatoms. The number of benzene rings is 1. The standard InChI is InChI=1S/C10H8BrNO2/c1-13-10-3-2-7(11)4-8(10)9-5-14-6-12-9/h2-6H,1H3. The van der Waals surface area contributed by atoms with E-state index in [9.17, 15) is 0 Å². The first-order chi connectivity index (χ1) is 6.81. The van der Waals surface area contributed by atoms with Crippen molar-refractivity contribution < 1.29 is 9.15 Å². The second-order valence-corrected chi connectivity index (χ2v) is 3.63. The van der Waals surface area contributed by atoms with Crippen molar-refractivity contribution in [3.63, 3.8) is 0 Å². The summed E-state index contributed by atoms with van der Waals surface area (Å²) in [5.41, 5.74) is 1.68. The highest BCUT2D eigenvalue weighted by Crippen LogP contribution is 2.31. The van der Waals surface area contributed by atoms with Gasteiger partial charge in [-0.25, -0.2) is 4.98 Å². The molecular weight excluding hydrogens is 246 g/mol. The Morgan fingerprint density at radius 3 is 2.93 bits per heavy atom. The Labute approximate surface area is 89.8 Å². The van der Waals surface area contributed by atoms with E-state index in [0.717, 1.165) is 21.5 Å². The number of aromatic nitrogens is 1. The Morgan fingerprint density at radius 1 is 1.43 bits per heavy atom. The molecule has 0 aliphatic rings. The molecule has 2 aromatic rings. The molecule has 0 saturated carbocycles. The molecule has 0 spiro atoms. The minimum absolute atomic E-state index is 0.767. The zero-order chi connectivity index (χ0) is 9.97. The van der Waals surface area contributed by atoms with Crippen molar-refractivity contribution in [1.82, 2.24) is 4.98 Å². The number of oxazole rings is 1. The SMILES string of the molecule is COc1ccc(Br)cc1-c1cocn1. The van der Waals surface area contributed by atoms with Gasteiger partial charge >= 0.3 is 0 Å². The lowest BCUT2D eigenvalue weighted by Gasteiger charge is -2.05. The first-order valence-electron chi connectivity index (χ1n) is 4.03. The number of ether oxygens (including phenoxy) is 1. The lowest BCUT2D eigenvalue weighted by Crippen LogP contribution is -1.87. The summed E-state index contributed by atoms with van der Waals surface area (Å²) in [4.78, 5) is 4.07.